The van der Waals surface area contributed by atoms with Gasteiger partial charge in [0.05, 0.1) is 22.4 Å². The summed E-state index contributed by atoms with van der Waals surface area (Å²) in [6.45, 7) is 2.55. The summed E-state index contributed by atoms with van der Waals surface area (Å²) in [4.78, 5) is 16.5. The maximum Gasteiger partial charge on any atom is 0.338 e. The van der Waals surface area contributed by atoms with Crippen LogP contribution >= 0.6 is 11.3 Å². The smallest absolute Gasteiger partial charge is 0.338 e. The maximum absolute atomic E-state index is 11.9. The summed E-state index contributed by atoms with van der Waals surface area (Å²) in [7, 11) is 0. The van der Waals surface area contributed by atoms with Crippen molar-refractivity contribution in [2.45, 2.75) is 19.8 Å². The summed E-state index contributed by atoms with van der Waals surface area (Å²) in [6, 6.07) is 15.5. The first-order chi connectivity index (χ1) is 10.8. The highest BCUT2D eigenvalue weighted by molar-refractivity contribution is 7.21. The van der Waals surface area contributed by atoms with Gasteiger partial charge in [-0.1, -0.05) is 37.6 Å². The second kappa shape index (κ2) is 6.71. The number of unbranched alkanes of at least 4 members (excludes halogenated alkanes) is 1. The van der Waals surface area contributed by atoms with Crippen LogP contribution in [-0.4, -0.2) is 17.6 Å². The maximum atomic E-state index is 11.9. The number of carbonyl (C=O) groups excluding carboxylic acids is 1. The third-order valence-electron chi connectivity index (χ3n) is 3.39. The molecule has 1 heterocycles. The number of para-hydroxylation sites is 1. The molecule has 0 bridgehead atoms. The van der Waals surface area contributed by atoms with Crippen LogP contribution in [0.25, 0.3) is 20.8 Å². The van der Waals surface area contributed by atoms with Gasteiger partial charge in [0.2, 0.25) is 0 Å². The van der Waals surface area contributed by atoms with Crippen molar-refractivity contribution in [3.05, 3.63) is 54.1 Å². The summed E-state index contributed by atoms with van der Waals surface area (Å²) in [5, 5.41) is 0.965. The largest absolute Gasteiger partial charge is 0.462 e. The zero-order valence-electron chi connectivity index (χ0n) is 12.4. The minimum absolute atomic E-state index is 0.260. The molecule has 0 fully saturated rings. The molecule has 0 radical (unpaired) electrons. The molecule has 3 aromatic rings. The van der Waals surface area contributed by atoms with Crippen LogP contribution in [0.15, 0.2) is 48.5 Å². The van der Waals surface area contributed by atoms with Crippen LogP contribution in [0.5, 0.6) is 0 Å². The molecule has 2 aromatic carbocycles. The van der Waals surface area contributed by atoms with E-state index in [9.17, 15) is 4.79 Å². The Morgan fingerprint density at radius 1 is 1.14 bits per heavy atom. The predicted molar refractivity (Wildman–Crippen MR) is 90.2 cm³/mol. The first-order valence-electron chi connectivity index (χ1n) is 7.41. The van der Waals surface area contributed by atoms with Crippen molar-refractivity contribution in [1.29, 1.82) is 0 Å². The Balaban J connectivity index is 1.77. The molecular weight excluding hydrogens is 294 g/mol. The van der Waals surface area contributed by atoms with E-state index in [1.54, 1.807) is 23.5 Å². The highest BCUT2D eigenvalue weighted by Gasteiger charge is 2.09. The molecular formula is C18H17NO2S. The number of hydrogen-bond acceptors (Lipinski definition) is 4. The predicted octanol–water partition coefficient (Wildman–Crippen LogP) is 4.92. The van der Waals surface area contributed by atoms with Gasteiger partial charge in [-0.3, -0.25) is 0 Å². The Kier molecular flexibility index (Phi) is 4.49. The fourth-order valence-corrected chi connectivity index (χ4v) is 3.11. The molecule has 0 atom stereocenters. The lowest BCUT2D eigenvalue weighted by Crippen LogP contribution is -2.05. The van der Waals surface area contributed by atoms with E-state index in [0.717, 1.165) is 28.9 Å². The van der Waals surface area contributed by atoms with Gasteiger partial charge in [-0.15, -0.1) is 11.3 Å². The van der Waals surface area contributed by atoms with Gasteiger partial charge in [-0.05, 0) is 30.7 Å². The lowest BCUT2D eigenvalue weighted by atomic mass is 10.1. The topological polar surface area (TPSA) is 39.2 Å². The normalized spacial score (nSPS) is 10.8. The lowest BCUT2D eigenvalue weighted by molar-refractivity contribution is 0.0500. The molecule has 0 unspecified atom stereocenters. The van der Waals surface area contributed by atoms with Gasteiger partial charge in [0.25, 0.3) is 0 Å². The van der Waals surface area contributed by atoms with Gasteiger partial charge < -0.3 is 4.74 Å². The standard InChI is InChI=1S/C18H17NO2S/c1-2-3-12-21-18(20)14-10-8-13(9-11-14)17-19-15-6-4-5-7-16(15)22-17/h4-11H,2-3,12H2,1H3. The number of esters is 1. The summed E-state index contributed by atoms with van der Waals surface area (Å²) in [6.07, 6.45) is 1.92. The van der Waals surface area contributed by atoms with Gasteiger partial charge in [0, 0.05) is 5.56 Å². The third-order valence-corrected chi connectivity index (χ3v) is 4.48. The number of carbonyl (C=O) groups is 1. The van der Waals surface area contributed by atoms with Crippen LogP contribution in [0.3, 0.4) is 0 Å². The van der Waals surface area contributed by atoms with Gasteiger partial charge in [-0.2, -0.15) is 0 Å². The van der Waals surface area contributed by atoms with E-state index in [2.05, 4.69) is 18.0 Å². The molecule has 0 spiro atoms. The quantitative estimate of drug-likeness (QED) is 0.496. The molecule has 0 saturated carbocycles. The minimum Gasteiger partial charge on any atom is -0.462 e. The number of thiazole rings is 1. The first kappa shape index (κ1) is 14.7. The second-order valence-corrected chi connectivity index (χ2v) is 6.08. The molecule has 0 aliphatic rings. The minimum atomic E-state index is -0.260. The van der Waals surface area contributed by atoms with Crippen LogP contribution in [-0.2, 0) is 4.74 Å². The zero-order chi connectivity index (χ0) is 15.4. The fraction of sp³-hybridized carbons (Fsp3) is 0.222. The van der Waals surface area contributed by atoms with E-state index in [-0.39, 0.29) is 5.97 Å². The third kappa shape index (κ3) is 3.17. The molecule has 0 aliphatic carbocycles. The molecule has 0 amide bonds. The molecule has 0 aliphatic heterocycles. The molecule has 112 valence electrons. The number of nitrogens with zero attached hydrogens (tertiary/aromatic N) is 1. The number of benzene rings is 2. The van der Waals surface area contributed by atoms with E-state index < -0.39 is 0 Å². The monoisotopic (exact) mass is 311 g/mol. The second-order valence-electron chi connectivity index (χ2n) is 5.05. The van der Waals surface area contributed by atoms with Crippen LogP contribution in [0.2, 0.25) is 0 Å². The zero-order valence-corrected chi connectivity index (χ0v) is 13.2. The van der Waals surface area contributed by atoms with Crippen molar-refractivity contribution < 1.29 is 9.53 Å². The van der Waals surface area contributed by atoms with Gasteiger partial charge >= 0.3 is 5.97 Å². The lowest BCUT2D eigenvalue weighted by Gasteiger charge is -2.04. The molecule has 1 aromatic heterocycles. The number of fused-ring (bicyclic) bond motifs is 1. The highest BCUT2D eigenvalue weighted by Crippen LogP contribution is 2.30. The molecule has 0 N–H and O–H groups in total. The summed E-state index contributed by atoms with van der Waals surface area (Å²) in [5.74, 6) is -0.260. The SMILES string of the molecule is CCCCOC(=O)c1ccc(-c2nc3ccccc3s2)cc1. The average Bonchev–Trinajstić information content (AvgIpc) is 2.99. The van der Waals surface area contributed by atoms with Crippen molar-refractivity contribution in [3.63, 3.8) is 0 Å². The Bertz CT molecular complexity index is 744. The van der Waals surface area contributed by atoms with Crippen molar-refractivity contribution in [2.24, 2.45) is 0 Å². The molecule has 0 saturated heterocycles. The van der Waals surface area contributed by atoms with Crippen LogP contribution in [0.1, 0.15) is 30.1 Å². The Hall–Kier alpha value is -2.20. The van der Waals surface area contributed by atoms with E-state index in [0.29, 0.717) is 12.2 Å². The van der Waals surface area contributed by atoms with Crippen molar-refractivity contribution in [3.8, 4) is 10.6 Å². The fourth-order valence-electron chi connectivity index (χ4n) is 2.14. The van der Waals surface area contributed by atoms with Gasteiger partial charge in [-0.25, -0.2) is 9.78 Å². The Morgan fingerprint density at radius 2 is 1.91 bits per heavy atom. The highest BCUT2D eigenvalue weighted by atomic mass is 32.1. The van der Waals surface area contributed by atoms with Crippen molar-refractivity contribution >= 4 is 27.5 Å². The molecule has 22 heavy (non-hydrogen) atoms. The van der Waals surface area contributed by atoms with Crippen LogP contribution < -0.4 is 0 Å². The Labute approximate surface area is 133 Å². The van der Waals surface area contributed by atoms with Gasteiger partial charge in [0.1, 0.15) is 5.01 Å². The number of aromatic nitrogens is 1. The van der Waals surface area contributed by atoms with E-state index >= 15 is 0 Å². The molecule has 4 heteroatoms. The van der Waals surface area contributed by atoms with Crippen LogP contribution in [0.4, 0.5) is 0 Å². The number of rotatable bonds is 5. The van der Waals surface area contributed by atoms with Crippen molar-refractivity contribution in [2.75, 3.05) is 6.61 Å². The number of hydrogen-bond donors (Lipinski definition) is 0. The number of ether oxygens (including phenoxy) is 1. The molecule has 3 rings (SSSR count). The van der Waals surface area contributed by atoms with Gasteiger partial charge in [0.15, 0.2) is 0 Å². The average molecular weight is 311 g/mol. The van der Waals surface area contributed by atoms with E-state index in [1.807, 2.05) is 30.3 Å². The first-order valence-corrected chi connectivity index (χ1v) is 8.22. The molecule has 3 nitrogen and oxygen atoms in total. The summed E-state index contributed by atoms with van der Waals surface area (Å²) < 4.78 is 6.38. The summed E-state index contributed by atoms with van der Waals surface area (Å²) >= 11 is 1.65. The summed E-state index contributed by atoms with van der Waals surface area (Å²) in [5.41, 5.74) is 2.61. The Morgan fingerprint density at radius 3 is 2.64 bits per heavy atom. The van der Waals surface area contributed by atoms with Crippen molar-refractivity contribution in [1.82, 2.24) is 4.98 Å². The van der Waals surface area contributed by atoms with E-state index in [1.165, 1.54) is 4.70 Å². The van der Waals surface area contributed by atoms with Crippen LogP contribution in [0, 0.1) is 0 Å². The van der Waals surface area contributed by atoms with E-state index in [4.69, 9.17) is 4.74 Å².